The molecule has 28 heavy (non-hydrogen) atoms. The van der Waals surface area contributed by atoms with E-state index in [0.717, 1.165) is 4.90 Å². The molecule has 0 saturated heterocycles. The predicted molar refractivity (Wildman–Crippen MR) is 107 cm³/mol. The summed E-state index contributed by atoms with van der Waals surface area (Å²) < 4.78 is 32.6. The number of halogens is 2. The summed E-state index contributed by atoms with van der Waals surface area (Å²) >= 11 is 2.56. The number of carbonyl (C=O) groups excluding carboxylic acids is 1. The number of aromatic nitrogens is 1. The lowest BCUT2D eigenvalue weighted by atomic mass is 10.3. The van der Waals surface area contributed by atoms with Crippen LogP contribution in [-0.2, 0) is 11.3 Å². The molecule has 1 amide bonds. The van der Waals surface area contributed by atoms with E-state index >= 15 is 0 Å². The lowest BCUT2D eigenvalue weighted by molar-refractivity contribution is -0.116. The second-order valence-electron chi connectivity index (χ2n) is 5.91. The van der Waals surface area contributed by atoms with Gasteiger partial charge in [-0.15, -0.1) is 11.8 Å². The van der Waals surface area contributed by atoms with Crippen LogP contribution in [0.3, 0.4) is 0 Å². The first-order valence-electron chi connectivity index (χ1n) is 8.36. The van der Waals surface area contributed by atoms with Crippen LogP contribution < -0.4 is 4.90 Å². The molecule has 4 nitrogen and oxygen atoms in total. The van der Waals surface area contributed by atoms with Crippen molar-refractivity contribution in [1.82, 2.24) is 4.98 Å². The molecule has 0 bridgehead atoms. The van der Waals surface area contributed by atoms with Gasteiger partial charge in [0.2, 0.25) is 5.91 Å². The molecule has 0 aliphatic rings. The molecule has 8 heteroatoms. The molecule has 2 heterocycles. The summed E-state index contributed by atoms with van der Waals surface area (Å²) in [5.74, 6) is -0.0810. The average Bonchev–Trinajstić information content (AvgIpc) is 3.34. The van der Waals surface area contributed by atoms with Crippen molar-refractivity contribution >= 4 is 44.4 Å². The Bertz CT molecular complexity index is 1100. The Morgan fingerprint density at radius 3 is 2.64 bits per heavy atom. The number of amides is 1. The maximum atomic E-state index is 13.5. The summed E-state index contributed by atoms with van der Waals surface area (Å²) in [4.78, 5) is 19.7. The Morgan fingerprint density at radius 2 is 1.89 bits per heavy atom. The maximum absolute atomic E-state index is 13.5. The van der Waals surface area contributed by atoms with Crippen LogP contribution in [0, 0.1) is 11.6 Å². The molecule has 2 aromatic carbocycles. The van der Waals surface area contributed by atoms with Gasteiger partial charge in [-0.2, -0.15) is 0 Å². The molecule has 0 unspecified atom stereocenters. The van der Waals surface area contributed by atoms with Crippen molar-refractivity contribution in [3.63, 3.8) is 0 Å². The minimum Gasteiger partial charge on any atom is -0.467 e. The fraction of sp³-hybridized carbons (Fsp3) is 0.100. The zero-order valence-corrected chi connectivity index (χ0v) is 16.1. The molecule has 2 aromatic heterocycles. The van der Waals surface area contributed by atoms with Crippen molar-refractivity contribution in [2.75, 3.05) is 10.7 Å². The minimum absolute atomic E-state index is 0.149. The molecular formula is C20H14F2N2O2S2. The predicted octanol–water partition coefficient (Wildman–Crippen LogP) is 5.49. The Hall–Kier alpha value is -2.71. The number of carbonyl (C=O) groups is 1. The molecule has 4 aromatic rings. The van der Waals surface area contributed by atoms with Gasteiger partial charge < -0.3 is 4.42 Å². The number of fused-ring (bicyclic) bond motifs is 1. The second-order valence-corrected chi connectivity index (χ2v) is 7.97. The van der Waals surface area contributed by atoms with E-state index in [9.17, 15) is 13.6 Å². The molecule has 0 N–H and O–H groups in total. The maximum Gasteiger partial charge on any atom is 0.239 e. The first-order valence-corrected chi connectivity index (χ1v) is 10.2. The van der Waals surface area contributed by atoms with Crippen LogP contribution in [0.4, 0.5) is 13.9 Å². The van der Waals surface area contributed by atoms with Crippen molar-refractivity contribution in [3.8, 4) is 0 Å². The number of nitrogens with zero attached hydrogens (tertiary/aromatic N) is 2. The van der Waals surface area contributed by atoms with Gasteiger partial charge in [0.15, 0.2) is 5.13 Å². The molecule has 0 radical (unpaired) electrons. The third-order valence-electron chi connectivity index (χ3n) is 3.94. The van der Waals surface area contributed by atoms with E-state index in [-0.39, 0.29) is 29.8 Å². The fourth-order valence-electron chi connectivity index (χ4n) is 2.58. The summed E-state index contributed by atoms with van der Waals surface area (Å²) in [6.45, 7) is 0.220. The van der Waals surface area contributed by atoms with Crippen molar-refractivity contribution in [2.24, 2.45) is 0 Å². The van der Waals surface area contributed by atoms with Crippen LogP contribution in [-0.4, -0.2) is 16.6 Å². The van der Waals surface area contributed by atoms with E-state index in [1.807, 2.05) is 0 Å². The van der Waals surface area contributed by atoms with E-state index < -0.39 is 0 Å². The molecule has 0 saturated carbocycles. The smallest absolute Gasteiger partial charge is 0.239 e. The van der Waals surface area contributed by atoms with Gasteiger partial charge in [-0.1, -0.05) is 11.3 Å². The molecule has 4 rings (SSSR count). The van der Waals surface area contributed by atoms with Crippen LogP contribution >= 0.6 is 23.1 Å². The van der Waals surface area contributed by atoms with E-state index in [1.165, 1.54) is 52.3 Å². The fourth-order valence-corrected chi connectivity index (χ4v) is 4.36. The summed E-state index contributed by atoms with van der Waals surface area (Å²) in [6, 6.07) is 13.8. The molecule has 0 aliphatic carbocycles. The quantitative estimate of drug-likeness (QED) is 0.390. The van der Waals surface area contributed by atoms with Crippen molar-refractivity contribution < 1.29 is 18.0 Å². The lowest BCUT2D eigenvalue weighted by Crippen LogP contribution is -2.31. The number of rotatable bonds is 6. The van der Waals surface area contributed by atoms with E-state index in [2.05, 4.69) is 4.98 Å². The van der Waals surface area contributed by atoms with Crippen LogP contribution in [0.1, 0.15) is 5.76 Å². The molecule has 0 atom stereocenters. The lowest BCUT2D eigenvalue weighted by Gasteiger charge is -2.18. The monoisotopic (exact) mass is 416 g/mol. The van der Waals surface area contributed by atoms with Crippen LogP contribution in [0.5, 0.6) is 0 Å². The van der Waals surface area contributed by atoms with E-state index in [1.54, 1.807) is 36.6 Å². The number of thioether (sulfide) groups is 1. The number of hydrogen-bond acceptors (Lipinski definition) is 5. The average molecular weight is 416 g/mol. The number of hydrogen-bond donors (Lipinski definition) is 0. The molecule has 0 aliphatic heterocycles. The van der Waals surface area contributed by atoms with Gasteiger partial charge >= 0.3 is 0 Å². The van der Waals surface area contributed by atoms with Gasteiger partial charge in [0.05, 0.1) is 28.8 Å². The molecule has 0 spiro atoms. The summed E-state index contributed by atoms with van der Waals surface area (Å²) in [6.07, 6.45) is 1.54. The van der Waals surface area contributed by atoms with E-state index in [0.29, 0.717) is 21.1 Å². The van der Waals surface area contributed by atoms with Gasteiger partial charge in [-0.25, -0.2) is 13.8 Å². The van der Waals surface area contributed by atoms with Crippen molar-refractivity contribution in [3.05, 3.63) is 78.3 Å². The SMILES string of the molecule is O=C(CSc1ccc(F)cc1)N(Cc1ccco1)c1nc2ccc(F)cc2s1. The summed E-state index contributed by atoms with van der Waals surface area (Å²) in [5, 5.41) is 0.474. The first-order chi connectivity index (χ1) is 13.6. The Labute approximate surface area is 167 Å². The Kier molecular flexibility index (Phi) is 5.40. The summed E-state index contributed by atoms with van der Waals surface area (Å²) in [7, 11) is 0. The normalized spacial score (nSPS) is 11.1. The van der Waals surface area contributed by atoms with Crippen molar-refractivity contribution in [1.29, 1.82) is 0 Å². The Balaban J connectivity index is 1.58. The number of furan rings is 1. The largest absolute Gasteiger partial charge is 0.467 e. The molecule has 0 fully saturated rings. The van der Waals surface area contributed by atoms with Crippen LogP contribution in [0.25, 0.3) is 10.2 Å². The first kappa shape index (κ1) is 18.6. The third kappa shape index (κ3) is 4.23. The molecular weight excluding hydrogens is 402 g/mol. The number of anilines is 1. The highest BCUT2D eigenvalue weighted by Crippen LogP contribution is 2.31. The third-order valence-corrected chi connectivity index (χ3v) is 5.98. The van der Waals surface area contributed by atoms with Gasteiger partial charge in [0, 0.05) is 4.90 Å². The van der Waals surface area contributed by atoms with E-state index in [4.69, 9.17) is 4.42 Å². The highest BCUT2D eigenvalue weighted by atomic mass is 32.2. The zero-order chi connectivity index (χ0) is 19.5. The van der Waals surface area contributed by atoms with Gasteiger partial charge in [0.1, 0.15) is 17.4 Å². The second kappa shape index (κ2) is 8.12. The number of benzene rings is 2. The zero-order valence-electron chi connectivity index (χ0n) is 14.5. The molecule has 142 valence electrons. The van der Waals surface area contributed by atoms with Gasteiger partial charge in [-0.3, -0.25) is 9.69 Å². The van der Waals surface area contributed by atoms with Crippen molar-refractivity contribution in [2.45, 2.75) is 11.4 Å². The Morgan fingerprint density at radius 1 is 1.11 bits per heavy atom. The highest BCUT2D eigenvalue weighted by molar-refractivity contribution is 8.00. The van der Waals surface area contributed by atoms with Gasteiger partial charge in [0.25, 0.3) is 0 Å². The van der Waals surface area contributed by atoms with Crippen LogP contribution in [0.2, 0.25) is 0 Å². The van der Waals surface area contributed by atoms with Gasteiger partial charge in [-0.05, 0) is 54.6 Å². The number of thiazole rings is 1. The standard InChI is InChI=1S/C20H14F2N2O2S2/c21-13-3-6-16(7-4-13)27-12-19(25)24(11-15-2-1-9-26-15)20-23-17-8-5-14(22)10-18(17)28-20/h1-10H,11-12H2. The highest BCUT2D eigenvalue weighted by Gasteiger charge is 2.21. The topological polar surface area (TPSA) is 46.3 Å². The van der Waals surface area contributed by atoms with Crippen LogP contribution in [0.15, 0.2) is 70.2 Å². The summed E-state index contributed by atoms with van der Waals surface area (Å²) in [5.41, 5.74) is 0.629. The minimum atomic E-state index is -0.349.